The average Bonchev–Trinajstić information content (AvgIpc) is 3.25. The molecule has 0 aliphatic rings. The van der Waals surface area contributed by atoms with Crippen molar-refractivity contribution in [1.29, 1.82) is 0 Å². The van der Waals surface area contributed by atoms with Crippen LogP contribution in [0.25, 0.3) is 0 Å². The Kier molecular flexibility index (Phi) is 7.05. The molecule has 1 heterocycles. The first kappa shape index (κ1) is 20.6. The van der Waals surface area contributed by atoms with Crippen LogP contribution in [0.1, 0.15) is 34.6 Å². The Morgan fingerprint density at radius 2 is 1.79 bits per heavy atom. The van der Waals surface area contributed by atoms with Crippen LogP contribution in [0.15, 0.2) is 71.3 Å². The highest BCUT2D eigenvalue weighted by Crippen LogP contribution is 2.17. The molecule has 0 aliphatic heterocycles. The summed E-state index contributed by atoms with van der Waals surface area (Å²) in [7, 11) is 0. The third kappa shape index (κ3) is 5.94. The van der Waals surface area contributed by atoms with E-state index in [1.54, 1.807) is 42.7 Å². The van der Waals surface area contributed by atoms with Gasteiger partial charge in [-0.2, -0.15) is 0 Å². The van der Waals surface area contributed by atoms with Gasteiger partial charge in [0.15, 0.2) is 0 Å². The molecule has 150 valence electrons. The number of rotatable bonds is 8. The van der Waals surface area contributed by atoms with E-state index in [1.165, 1.54) is 0 Å². The Morgan fingerprint density at radius 1 is 1.03 bits per heavy atom. The fourth-order valence-electron chi connectivity index (χ4n) is 2.78. The maximum absolute atomic E-state index is 12.5. The van der Waals surface area contributed by atoms with Crippen molar-refractivity contribution >= 4 is 29.1 Å². The van der Waals surface area contributed by atoms with Gasteiger partial charge in [0.25, 0.3) is 5.91 Å². The average molecular weight is 412 g/mol. The first-order chi connectivity index (χ1) is 14.0. The number of benzene rings is 2. The Hall–Kier alpha value is -3.09. The molecule has 3 rings (SSSR count). The molecule has 3 aromatic rings. The molecule has 0 bridgehead atoms. The number of carbonyl (C=O) groups excluding carboxylic acids is 2. The number of halogens is 1. The quantitative estimate of drug-likeness (QED) is 0.520. The molecule has 0 saturated carbocycles. The minimum Gasteiger partial charge on any atom is -0.467 e. The van der Waals surface area contributed by atoms with Crippen molar-refractivity contribution in [3.8, 4) is 0 Å². The third-order valence-corrected chi connectivity index (χ3v) is 4.64. The lowest BCUT2D eigenvalue weighted by molar-refractivity contribution is -0.115. The van der Waals surface area contributed by atoms with E-state index >= 15 is 0 Å². The summed E-state index contributed by atoms with van der Waals surface area (Å²) in [4.78, 5) is 24.9. The Morgan fingerprint density at radius 3 is 2.52 bits per heavy atom. The van der Waals surface area contributed by atoms with Crippen LogP contribution in [-0.2, 0) is 11.3 Å². The van der Waals surface area contributed by atoms with E-state index in [1.807, 2.05) is 31.2 Å². The molecule has 0 spiro atoms. The van der Waals surface area contributed by atoms with E-state index in [0.717, 1.165) is 5.56 Å². The third-order valence-electron chi connectivity index (χ3n) is 4.39. The predicted molar refractivity (Wildman–Crippen MR) is 113 cm³/mol. The van der Waals surface area contributed by atoms with Gasteiger partial charge in [-0.25, -0.2) is 0 Å². The monoisotopic (exact) mass is 411 g/mol. The number of para-hydroxylation sites is 1. The molecule has 3 N–H and O–H groups in total. The zero-order valence-electron chi connectivity index (χ0n) is 15.9. The molecule has 29 heavy (non-hydrogen) atoms. The number of anilines is 1. The van der Waals surface area contributed by atoms with Crippen LogP contribution in [0, 0.1) is 0 Å². The molecule has 6 nitrogen and oxygen atoms in total. The fourth-order valence-corrected chi connectivity index (χ4v) is 2.90. The van der Waals surface area contributed by atoms with Crippen molar-refractivity contribution in [2.24, 2.45) is 0 Å². The maximum Gasteiger partial charge on any atom is 0.253 e. The second-order valence-electron chi connectivity index (χ2n) is 6.51. The second kappa shape index (κ2) is 9.91. The number of hydrogen-bond donors (Lipinski definition) is 3. The molecule has 0 radical (unpaired) electrons. The van der Waals surface area contributed by atoms with Crippen molar-refractivity contribution in [2.75, 3.05) is 11.9 Å². The fraction of sp³-hybridized carbons (Fsp3) is 0.182. The molecular formula is C22H22ClN3O3. The van der Waals surface area contributed by atoms with Crippen molar-refractivity contribution in [3.63, 3.8) is 0 Å². The molecule has 0 fully saturated rings. The number of hydrogen-bond acceptors (Lipinski definition) is 4. The van der Waals surface area contributed by atoms with E-state index in [-0.39, 0.29) is 30.9 Å². The molecule has 1 atom stereocenters. The van der Waals surface area contributed by atoms with Crippen molar-refractivity contribution in [3.05, 3.63) is 88.8 Å². The largest absolute Gasteiger partial charge is 0.467 e. The number of furan rings is 1. The van der Waals surface area contributed by atoms with Gasteiger partial charge >= 0.3 is 0 Å². The lowest BCUT2D eigenvalue weighted by atomic mass is 10.1. The van der Waals surface area contributed by atoms with Gasteiger partial charge < -0.3 is 20.4 Å². The van der Waals surface area contributed by atoms with Crippen molar-refractivity contribution in [1.82, 2.24) is 10.6 Å². The normalized spacial score (nSPS) is 11.7. The maximum atomic E-state index is 12.5. The van der Waals surface area contributed by atoms with E-state index < -0.39 is 0 Å². The molecule has 2 aromatic carbocycles. The first-order valence-electron chi connectivity index (χ1n) is 9.21. The number of amides is 2. The topological polar surface area (TPSA) is 83.4 Å². The lowest BCUT2D eigenvalue weighted by Crippen LogP contribution is -2.31. The standard InChI is InChI=1S/C22H22ClN3O3/c1-15(16-8-10-17(23)11-9-16)24-14-21(27)26-20-7-3-2-6-19(20)22(28)25-13-18-5-4-12-29-18/h2-12,15,24H,13-14H2,1H3,(H,25,28)(H,26,27)/t15-/m0/s1. The van der Waals surface area contributed by atoms with E-state index in [0.29, 0.717) is 22.0 Å². The smallest absolute Gasteiger partial charge is 0.253 e. The summed E-state index contributed by atoms with van der Waals surface area (Å²) >= 11 is 5.90. The highest BCUT2D eigenvalue weighted by atomic mass is 35.5. The van der Waals surface area contributed by atoms with Gasteiger partial charge in [0, 0.05) is 11.1 Å². The Balaban J connectivity index is 1.56. The minimum atomic E-state index is -0.292. The predicted octanol–water partition coefficient (Wildman–Crippen LogP) is 4.15. The lowest BCUT2D eigenvalue weighted by Gasteiger charge is -2.15. The van der Waals surface area contributed by atoms with Crippen LogP contribution in [0.5, 0.6) is 0 Å². The van der Waals surface area contributed by atoms with Crippen LogP contribution >= 0.6 is 11.6 Å². The number of nitrogens with one attached hydrogen (secondary N) is 3. The van der Waals surface area contributed by atoms with Crippen LogP contribution in [0.2, 0.25) is 5.02 Å². The van der Waals surface area contributed by atoms with Crippen LogP contribution in [0.3, 0.4) is 0 Å². The Bertz CT molecular complexity index is 956. The highest BCUT2D eigenvalue weighted by Gasteiger charge is 2.14. The summed E-state index contributed by atoms with van der Waals surface area (Å²) in [5.41, 5.74) is 1.87. The molecule has 1 aromatic heterocycles. The summed E-state index contributed by atoms with van der Waals surface area (Å²) in [5.74, 6) is 0.122. The molecular weight excluding hydrogens is 390 g/mol. The summed E-state index contributed by atoms with van der Waals surface area (Å²) < 4.78 is 5.21. The summed E-state index contributed by atoms with van der Waals surface area (Å²) in [6.45, 7) is 2.34. The minimum absolute atomic E-state index is 0.0233. The van der Waals surface area contributed by atoms with Crippen LogP contribution < -0.4 is 16.0 Å². The van der Waals surface area contributed by atoms with Gasteiger partial charge in [0.2, 0.25) is 5.91 Å². The first-order valence-corrected chi connectivity index (χ1v) is 9.59. The second-order valence-corrected chi connectivity index (χ2v) is 6.95. The summed E-state index contributed by atoms with van der Waals surface area (Å²) in [5, 5.41) is 9.40. The highest BCUT2D eigenvalue weighted by molar-refractivity contribution is 6.30. The number of carbonyl (C=O) groups is 2. The molecule has 0 aliphatic carbocycles. The van der Waals surface area contributed by atoms with Crippen LogP contribution in [-0.4, -0.2) is 18.4 Å². The van der Waals surface area contributed by atoms with E-state index in [9.17, 15) is 9.59 Å². The van der Waals surface area contributed by atoms with Gasteiger partial charge in [-0.3, -0.25) is 9.59 Å². The Labute approximate surface area is 174 Å². The van der Waals surface area contributed by atoms with Crippen LogP contribution in [0.4, 0.5) is 5.69 Å². The zero-order valence-corrected chi connectivity index (χ0v) is 16.7. The SMILES string of the molecule is C[C@H](NCC(=O)Nc1ccccc1C(=O)NCc1ccco1)c1ccc(Cl)cc1. The van der Waals surface area contributed by atoms with E-state index in [4.69, 9.17) is 16.0 Å². The summed E-state index contributed by atoms with van der Waals surface area (Å²) in [6.07, 6.45) is 1.55. The van der Waals surface area contributed by atoms with Gasteiger partial charge in [-0.05, 0) is 48.9 Å². The van der Waals surface area contributed by atoms with Gasteiger partial charge in [0.1, 0.15) is 5.76 Å². The summed E-state index contributed by atoms with van der Waals surface area (Å²) in [6, 6.07) is 17.8. The molecule has 7 heteroatoms. The van der Waals surface area contributed by atoms with Crippen molar-refractivity contribution in [2.45, 2.75) is 19.5 Å². The van der Waals surface area contributed by atoms with Gasteiger partial charge in [-0.15, -0.1) is 0 Å². The van der Waals surface area contributed by atoms with Gasteiger partial charge in [-0.1, -0.05) is 35.9 Å². The van der Waals surface area contributed by atoms with Crippen molar-refractivity contribution < 1.29 is 14.0 Å². The molecule has 0 saturated heterocycles. The van der Waals surface area contributed by atoms with Gasteiger partial charge in [0.05, 0.1) is 30.6 Å². The molecule has 0 unspecified atom stereocenters. The molecule has 2 amide bonds. The van der Waals surface area contributed by atoms with E-state index in [2.05, 4.69) is 16.0 Å². The zero-order chi connectivity index (χ0) is 20.6.